The Bertz CT molecular complexity index is 1050. The molecule has 8 heteroatoms. The molecule has 0 bridgehead atoms. The highest BCUT2D eigenvalue weighted by atomic mass is 32.2. The van der Waals surface area contributed by atoms with Crippen molar-refractivity contribution >= 4 is 40.9 Å². The van der Waals surface area contributed by atoms with E-state index in [1.165, 1.54) is 18.7 Å². The Labute approximate surface area is 185 Å². The molecule has 1 aliphatic rings. The topological polar surface area (TPSA) is 87.1 Å². The number of carboxylic acids is 1. The zero-order chi connectivity index (χ0) is 22.5. The number of rotatable bonds is 8. The van der Waals surface area contributed by atoms with Crippen LogP contribution in [0.5, 0.6) is 5.75 Å². The molecule has 3 rings (SSSR count). The van der Waals surface area contributed by atoms with Gasteiger partial charge in [-0.05, 0) is 58.3 Å². The molecule has 1 N–H and O–H groups in total. The number of ether oxygens (including phenoxy) is 1. The van der Waals surface area contributed by atoms with Gasteiger partial charge in [0.1, 0.15) is 0 Å². The molecule has 0 saturated carbocycles. The molecule has 1 aliphatic heterocycles. The summed E-state index contributed by atoms with van der Waals surface area (Å²) >= 11 is 1.54. The van der Waals surface area contributed by atoms with Crippen LogP contribution in [0.25, 0.3) is 0 Å². The van der Waals surface area contributed by atoms with Crippen molar-refractivity contribution in [3.8, 4) is 5.75 Å². The third-order valence-corrected chi connectivity index (χ3v) is 5.79. The Kier molecular flexibility index (Phi) is 7.14. The van der Waals surface area contributed by atoms with E-state index in [-0.39, 0.29) is 17.1 Å². The largest absolute Gasteiger partial charge is 0.478 e. The lowest BCUT2D eigenvalue weighted by Crippen LogP contribution is -2.26. The number of nitrogens with zero attached hydrogens (tertiary/aromatic N) is 2. The number of ketones is 1. The number of carboxylic acid groups (broad SMARTS) is 1. The number of fused-ring (bicyclic) bond motifs is 2. The summed E-state index contributed by atoms with van der Waals surface area (Å²) in [6.45, 7) is 2.93. The van der Waals surface area contributed by atoms with E-state index in [9.17, 15) is 14.4 Å². The van der Waals surface area contributed by atoms with E-state index >= 15 is 0 Å². The van der Waals surface area contributed by atoms with Gasteiger partial charge in [0.2, 0.25) is 0 Å². The Balaban J connectivity index is 2.10. The number of esters is 1. The van der Waals surface area contributed by atoms with Crippen LogP contribution in [0.15, 0.2) is 58.3 Å². The summed E-state index contributed by atoms with van der Waals surface area (Å²) in [5.41, 5.74) is 1.89. The summed E-state index contributed by atoms with van der Waals surface area (Å²) in [5.74, 6) is -2.20. The van der Waals surface area contributed by atoms with Crippen LogP contribution in [0, 0.1) is 0 Å². The molecule has 0 amide bonds. The van der Waals surface area contributed by atoms with Crippen molar-refractivity contribution < 1.29 is 24.2 Å². The minimum atomic E-state index is -1.26. The fraction of sp³-hybridized carbons (Fsp3) is 0.261. The first-order valence-corrected chi connectivity index (χ1v) is 10.6. The maximum Gasteiger partial charge on any atom is 0.336 e. The first-order valence-electron chi connectivity index (χ1n) is 9.78. The minimum Gasteiger partial charge on any atom is -0.478 e. The zero-order valence-electron chi connectivity index (χ0n) is 17.6. The highest BCUT2D eigenvalue weighted by Gasteiger charge is 2.30. The van der Waals surface area contributed by atoms with Gasteiger partial charge < -0.3 is 19.6 Å². The molecule has 2 aromatic carbocycles. The number of hydrogen-bond donors (Lipinski definition) is 1. The van der Waals surface area contributed by atoms with E-state index < -0.39 is 11.9 Å². The third kappa shape index (κ3) is 5.34. The molecule has 0 saturated heterocycles. The molecule has 0 unspecified atom stereocenters. The highest BCUT2D eigenvalue weighted by molar-refractivity contribution is 7.99. The fourth-order valence-corrected chi connectivity index (χ4v) is 4.43. The molecule has 0 radical (unpaired) electrons. The maximum absolute atomic E-state index is 12.3. The lowest BCUT2D eigenvalue weighted by atomic mass is 10.1. The summed E-state index contributed by atoms with van der Waals surface area (Å²) in [7, 11) is 4.01. The van der Waals surface area contributed by atoms with Gasteiger partial charge >= 0.3 is 11.9 Å². The van der Waals surface area contributed by atoms with Crippen LogP contribution in [0.3, 0.4) is 0 Å². The van der Waals surface area contributed by atoms with Gasteiger partial charge in [0.25, 0.3) is 0 Å². The van der Waals surface area contributed by atoms with Crippen molar-refractivity contribution in [3.05, 3.63) is 54.1 Å². The lowest BCUT2D eigenvalue weighted by Gasteiger charge is -2.34. The SMILES string of the molecule is CC(=O)c1ccc2c(c1OC(=O)/C=C\C(=O)O)N(CCCN(C)C)c1ccccc1S2. The van der Waals surface area contributed by atoms with Gasteiger partial charge in [0.05, 0.1) is 16.9 Å². The molecular formula is C23H24N2O5S. The quantitative estimate of drug-likeness (QED) is 0.285. The standard InChI is InChI=1S/C23H24N2O5S/c1-15(26)16-9-10-19-22(23(16)30-21(29)12-11-20(27)28)25(14-6-13-24(2)3)17-7-4-5-8-18(17)31-19/h4-5,7-12H,6,13-14H2,1-3H3,(H,27,28)/b12-11-. The fourth-order valence-electron chi connectivity index (χ4n) is 3.33. The zero-order valence-corrected chi connectivity index (χ0v) is 18.4. The molecule has 2 aromatic rings. The predicted molar refractivity (Wildman–Crippen MR) is 120 cm³/mol. The third-order valence-electron chi connectivity index (χ3n) is 4.67. The minimum absolute atomic E-state index is 0.150. The van der Waals surface area contributed by atoms with E-state index in [1.807, 2.05) is 44.4 Å². The average molecular weight is 441 g/mol. The van der Waals surface area contributed by atoms with Crippen LogP contribution < -0.4 is 9.64 Å². The summed E-state index contributed by atoms with van der Waals surface area (Å²) in [5, 5.41) is 8.79. The van der Waals surface area contributed by atoms with E-state index in [0.29, 0.717) is 18.3 Å². The Hall–Kier alpha value is -3.10. The number of hydrogen-bond acceptors (Lipinski definition) is 7. The van der Waals surface area contributed by atoms with Gasteiger partial charge in [-0.3, -0.25) is 4.79 Å². The van der Waals surface area contributed by atoms with Crippen molar-refractivity contribution in [2.75, 3.05) is 32.1 Å². The Morgan fingerprint density at radius 1 is 1.10 bits per heavy atom. The number of para-hydroxylation sites is 1. The molecule has 0 aromatic heterocycles. The molecule has 162 valence electrons. The van der Waals surface area contributed by atoms with Crippen molar-refractivity contribution in [1.82, 2.24) is 4.90 Å². The first-order chi connectivity index (χ1) is 14.8. The van der Waals surface area contributed by atoms with E-state index in [0.717, 1.165) is 34.5 Å². The lowest BCUT2D eigenvalue weighted by molar-refractivity contribution is -0.133. The second-order valence-electron chi connectivity index (χ2n) is 7.32. The number of aliphatic carboxylic acids is 1. The smallest absolute Gasteiger partial charge is 0.336 e. The Morgan fingerprint density at radius 3 is 2.52 bits per heavy atom. The molecule has 1 heterocycles. The van der Waals surface area contributed by atoms with Crippen LogP contribution in [-0.2, 0) is 9.59 Å². The summed E-state index contributed by atoms with van der Waals surface area (Å²) in [6.07, 6.45) is 2.40. The Morgan fingerprint density at radius 2 is 1.84 bits per heavy atom. The number of anilines is 2. The average Bonchev–Trinajstić information content (AvgIpc) is 2.71. The van der Waals surface area contributed by atoms with Gasteiger partial charge in [-0.2, -0.15) is 0 Å². The molecular weight excluding hydrogens is 416 g/mol. The van der Waals surface area contributed by atoms with Crippen molar-refractivity contribution in [3.63, 3.8) is 0 Å². The van der Waals surface area contributed by atoms with Crippen LogP contribution >= 0.6 is 11.8 Å². The summed E-state index contributed by atoms with van der Waals surface area (Å²) in [6, 6.07) is 11.4. The number of benzene rings is 2. The number of carbonyl (C=O) groups is 3. The molecule has 0 fully saturated rings. The first kappa shape index (κ1) is 22.6. The van der Waals surface area contributed by atoms with Gasteiger partial charge in [0, 0.05) is 28.5 Å². The van der Waals surface area contributed by atoms with Crippen molar-refractivity contribution in [1.29, 1.82) is 0 Å². The van der Waals surface area contributed by atoms with Crippen molar-refractivity contribution in [2.45, 2.75) is 23.1 Å². The van der Waals surface area contributed by atoms with Gasteiger partial charge in [-0.1, -0.05) is 23.9 Å². The number of Topliss-reactive ketones (excluding diaryl/α,β-unsaturated/α-hetero) is 1. The highest BCUT2D eigenvalue weighted by Crippen LogP contribution is 2.52. The maximum atomic E-state index is 12.3. The van der Waals surface area contributed by atoms with Crippen LogP contribution in [0.1, 0.15) is 23.7 Å². The summed E-state index contributed by atoms with van der Waals surface area (Å²) < 4.78 is 5.55. The van der Waals surface area contributed by atoms with Gasteiger partial charge in [-0.15, -0.1) is 0 Å². The van der Waals surface area contributed by atoms with Crippen LogP contribution in [0.4, 0.5) is 11.4 Å². The van der Waals surface area contributed by atoms with Gasteiger partial charge in [-0.25, -0.2) is 9.59 Å². The second kappa shape index (κ2) is 9.80. The normalized spacial score (nSPS) is 12.6. The summed E-state index contributed by atoms with van der Waals surface area (Å²) in [4.78, 5) is 41.5. The van der Waals surface area contributed by atoms with Gasteiger partial charge in [0.15, 0.2) is 11.5 Å². The molecule has 0 atom stereocenters. The molecule has 31 heavy (non-hydrogen) atoms. The predicted octanol–water partition coefficient (Wildman–Crippen LogP) is 3.99. The second-order valence-corrected chi connectivity index (χ2v) is 8.40. The van der Waals surface area contributed by atoms with Crippen molar-refractivity contribution in [2.24, 2.45) is 0 Å². The molecule has 7 nitrogen and oxygen atoms in total. The monoisotopic (exact) mass is 440 g/mol. The molecule has 0 aliphatic carbocycles. The van der Waals surface area contributed by atoms with Crippen LogP contribution in [0.2, 0.25) is 0 Å². The van der Waals surface area contributed by atoms with Crippen LogP contribution in [-0.4, -0.2) is 54.9 Å². The van der Waals surface area contributed by atoms with E-state index in [4.69, 9.17) is 9.84 Å². The van der Waals surface area contributed by atoms with E-state index in [1.54, 1.807) is 6.07 Å². The number of carbonyl (C=O) groups excluding carboxylic acids is 2. The van der Waals surface area contributed by atoms with E-state index in [2.05, 4.69) is 9.80 Å². The molecule has 0 spiro atoms.